The molecule has 1 fully saturated rings. The summed E-state index contributed by atoms with van der Waals surface area (Å²) in [5.41, 5.74) is 2.28. The van der Waals surface area contributed by atoms with E-state index in [-0.39, 0.29) is 5.82 Å². The highest BCUT2D eigenvalue weighted by molar-refractivity contribution is 5.50. The SMILES string of the molecule is Cc1cc(N2CCC(C)(C)C2)ccc1F. The van der Waals surface area contributed by atoms with Crippen molar-refractivity contribution in [3.8, 4) is 0 Å². The van der Waals surface area contributed by atoms with Crippen LogP contribution in [-0.4, -0.2) is 13.1 Å². The lowest BCUT2D eigenvalue weighted by Gasteiger charge is -2.22. The Morgan fingerprint density at radius 3 is 2.60 bits per heavy atom. The van der Waals surface area contributed by atoms with Gasteiger partial charge in [0.2, 0.25) is 0 Å². The molecule has 82 valence electrons. The van der Waals surface area contributed by atoms with Crippen LogP contribution in [0.1, 0.15) is 25.8 Å². The second-order valence-corrected chi connectivity index (χ2v) is 5.27. The van der Waals surface area contributed by atoms with Crippen LogP contribution in [0.2, 0.25) is 0 Å². The molecule has 0 saturated carbocycles. The van der Waals surface area contributed by atoms with Crippen LogP contribution >= 0.6 is 0 Å². The van der Waals surface area contributed by atoms with Crippen molar-refractivity contribution >= 4 is 5.69 Å². The molecule has 0 atom stereocenters. The molecule has 0 amide bonds. The van der Waals surface area contributed by atoms with E-state index < -0.39 is 0 Å². The maximum atomic E-state index is 13.1. The molecular weight excluding hydrogens is 189 g/mol. The number of nitrogens with zero attached hydrogens (tertiary/aromatic N) is 1. The fourth-order valence-electron chi connectivity index (χ4n) is 2.16. The summed E-state index contributed by atoms with van der Waals surface area (Å²) in [6, 6.07) is 5.39. The standard InChI is InChI=1S/C13H18FN/c1-10-8-11(4-5-12(10)14)15-7-6-13(2,3)9-15/h4-5,8H,6-7,9H2,1-3H3. The van der Waals surface area contributed by atoms with E-state index in [2.05, 4.69) is 18.7 Å². The van der Waals surface area contributed by atoms with Crippen molar-refractivity contribution in [3.05, 3.63) is 29.6 Å². The number of benzene rings is 1. The Bertz CT molecular complexity index is 371. The van der Waals surface area contributed by atoms with Gasteiger partial charge in [0.05, 0.1) is 0 Å². The highest BCUT2D eigenvalue weighted by atomic mass is 19.1. The van der Waals surface area contributed by atoms with E-state index in [1.54, 1.807) is 6.07 Å². The zero-order valence-electron chi connectivity index (χ0n) is 9.68. The van der Waals surface area contributed by atoms with Crippen molar-refractivity contribution in [1.82, 2.24) is 0 Å². The molecule has 0 aromatic heterocycles. The normalized spacial score (nSPS) is 19.6. The molecule has 0 N–H and O–H groups in total. The number of hydrogen-bond acceptors (Lipinski definition) is 1. The van der Waals surface area contributed by atoms with Gasteiger partial charge < -0.3 is 4.90 Å². The molecule has 1 nitrogen and oxygen atoms in total. The molecule has 1 saturated heterocycles. The molecule has 0 unspecified atom stereocenters. The third kappa shape index (κ3) is 2.14. The smallest absolute Gasteiger partial charge is 0.126 e. The van der Waals surface area contributed by atoms with Crippen LogP contribution in [0, 0.1) is 18.2 Å². The maximum absolute atomic E-state index is 13.1. The Hall–Kier alpha value is -1.05. The first-order valence-electron chi connectivity index (χ1n) is 5.49. The van der Waals surface area contributed by atoms with Gasteiger partial charge in [-0.25, -0.2) is 4.39 Å². The van der Waals surface area contributed by atoms with Gasteiger partial charge in [-0.1, -0.05) is 13.8 Å². The van der Waals surface area contributed by atoms with Crippen molar-refractivity contribution in [2.45, 2.75) is 27.2 Å². The van der Waals surface area contributed by atoms with E-state index in [9.17, 15) is 4.39 Å². The minimum Gasteiger partial charge on any atom is -0.371 e. The lowest BCUT2D eigenvalue weighted by Crippen LogP contribution is -2.22. The number of rotatable bonds is 1. The Morgan fingerprint density at radius 1 is 1.33 bits per heavy atom. The van der Waals surface area contributed by atoms with Crippen LogP contribution in [0.5, 0.6) is 0 Å². The van der Waals surface area contributed by atoms with Crippen LogP contribution < -0.4 is 4.90 Å². The van der Waals surface area contributed by atoms with Crippen molar-refractivity contribution in [1.29, 1.82) is 0 Å². The predicted molar refractivity (Wildman–Crippen MR) is 61.7 cm³/mol. The second-order valence-electron chi connectivity index (χ2n) is 5.27. The quantitative estimate of drug-likeness (QED) is 0.682. The summed E-state index contributed by atoms with van der Waals surface area (Å²) >= 11 is 0. The van der Waals surface area contributed by atoms with Gasteiger partial charge in [-0.2, -0.15) is 0 Å². The fraction of sp³-hybridized carbons (Fsp3) is 0.538. The van der Waals surface area contributed by atoms with Crippen LogP contribution in [0.15, 0.2) is 18.2 Å². The average molecular weight is 207 g/mol. The van der Waals surface area contributed by atoms with Gasteiger partial charge in [-0.05, 0) is 42.5 Å². The largest absolute Gasteiger partial charge is 0.371 e. The van der Waals surface area contributed by atoms with E-state index in [1.807, 2.05) is 19.1 Å². The van der Waals surface area contributed by atoms with Crippen LogP contribution in [0.3, 0.4) is 0 Å². The first-order chi connectivity index (χ1) is 6.98. The molecule has 0 aliphatic carbocycles. The van der Waals surface area contributed by atoms with Gasteiger partial charge >= 0.3 is 0 Å². The highest BCUT2D eigenvalue weighted by Gasteiger charge is 2.29. The number of aryl methyl sites for hydroxylation is 1. The van der Waals surface area contributed by atoms with Crippen molar-refractivity contribution in [2.75, 3.05) is 18.0 Å². The maximum Gasteiger partial charge on any atom is 0.126 e. The predicted octanol–water partition coefficient (Wildman–Crippen LogP) is 3.37. The van der Waals surface area contributed by atoms with Crippen molar-refractivity contribution in [2.24, 2.45) is 5.41 Å². The highest BCUT2D eigenvalue weighted by Crippen LogP contribution is 2.32. The molecule has 0 spiro atoms. The third-order valence-electron chi connectivity index (χ3n) is 3.18. The van der Waals surface area contributed by atoms with Crippen LogP contribution in [0.4, 0.5) is 10.1 Å². The zero-order valence-corrected chi connectivity index (χ0v) is 9.68. The van der Waals surface area contributed by atoms with Crippen LogP contribution in [-0.2, 0) is 0 Å². The molecule has 0 bridgehead atoms. The van der Waals surface area contributed by atoms with Gasteiger partial charge in [0.25, 0.3) is 0 Å². The summed E-state index contributed by atoms with van der Waals surface area (Å²) in [7, 11) is 0. The van der Waals surface area contributed by atoms with Gasteiger partial charge in [0.1, 0.15) is 5.82 Å². The van der Waals surface area contributed by atoms with Crippen LogP contribution in [0.25, 0.3) is 0 Å². The average Bonchev–Trinajstić information content (AvgIpc) is 2.51. The zero-order chi connectivity index (χ0) is 11.1. The van der Waals surface area contributed by atoms with Crippen molar-refractivity contribution in [3.63, 3.8) is 0 Å². The topological polar surface area (TPSA) is 3.24 Å². The molecule has 2 heteroatoms. The summed E-state index contributed by atoms with van der Waals surface area (Å²) in [5, 5.41) is 0. The number of hydrogen-bond donors (Lipinski definition) is 0. The van der Waals surface area contributed by atoms with Gasteiger partial charge in [-0.3, -0.25) is 0 Å². The monoisotopic (exact) mass is 207 g/mol. The lowest BCUT2D eigenvalue weighted by molar-refractivity contribution is 0.418. The molecule has 1 heterocycles. The molecule has 15 heavy (non-hydrogen) atoms. The summed E-state index contributed by atoms with van der Waals surface area (Å²) < 4.78 is 13.1. The van der Waals surface area contributed by atoms with E-state index in [0.717, 1.165) is 24.3 Å². The molecule has 2 rings (SSSR count). The number of halogens is 1. The number of anilines is 1. The molecule has 1 aliphatic heterocycles. The molecule has 1 aromatic rings. The third-order valence-corrected chi connectivity index (χ3v) is 3.18. The summed E-state index contributed by atoms with van der Waals surface area (Å²) in [5.74, 6) is -0.114. The summed E-state index contributed by atoms with van der Waals surface area (Å²) in [6.07, 6.45) is 1.21. The molecule has 1 aromatic carbocycles. The minimum absolute atomic E-state index is 0.114. The first kappa shape index (κ1) is 10.5. The molecule has 0 radical (unpaired) electrons. The Labute approximate surface area is 90.9 Å². The van der Waals surface area contributed by atoms with E-state index >= 15 is 0 Å². The minimum atomic E-state index is -0.114. The van der Waals surface area contributed by atoms with Crippen molar-refractivity contribution < 1.29 is 4.39 Å². The lowest BCUT2D eigenvalue weighted by atomic mass is 9.93. The Morgan fingerprint density at radius 2 is 2.07 bits per heavy atom. The van der Waals surface area contributed by atoms with E-state index in [1.165, 1.54) is 6.42 Å². The van der Waals surface area contributed by atoms with Gasteiger partial charge in [-0.15, -0.1) is 0 Å². The molecular formula is C13H18FN. The van der Waals surface area contributed by atoms with E-state index in [4.69, 9.17) is 0 Å². The Balaban J connectivity index is 2.21. The molecule has 1 aliphatic rings. The summed E-state index contributed by atoms with van der Waals surface area (Å²) in [4.78, 5) is 2.34. The van der Waals surface area contributed by atoms with Gasteiger partial charge in [0.15, 0.2) is 0 Å². The Kier molecular flexibility index (Phi) is 2.45. The van der Waals surface area contributed by atoms with E-state index in [0.29, 0.717) is 5.41 Å². The first-order valence-corrected chi connectivity index (χ1v) is 5.49. The summed E-state index contributed by atoms with van der Waals surface area (Å²) in [6.45, 7) is 8.53. The van der Waals surface area contributed by atoms with Gasteiger partial charge in [0, 0.05) is 18.8 Å². The second kappa shape index (κ2) is 3.51. The fourth-order valence-corrected chi connectivity index (χ4v) is 2.16.